The molecule has 1 aromatic rings. The van der Waals surface area contributed by atoms with Gasteiger partial charge in [0.05, 0.1) is 18.3 Å². The summed E-state index contributed by atoms with van der Waals surface area (Å²) < 4.78 is 8.25. The molecule has 2 fully saturated rings. The molecule has 110 valence electrons. The first-order chi connectivity index (χ1) is 9.93. The molecule has 1 aromatic heterocycles. The second-order valence-corrected chi connectivity index (χ2v) is 6.51. The van der Waals surface area contributed by atoms with Crippen molar-refractivity contribution in [2.75, 3.05) is 19.8 Å². The summed E-state index contributed by atoms with van der Waals surface area (Å²) in [6, 6.07) is 0.543. The van der Waals surface area contributed by atoms with E-state index >= 15 is 0 Å². The van der Waals surface area contributed by atoms with Crippen LogP contribution in [0.1, 0.15) is 67.7 Å². The fourth-order valence-electron chi connectivity index (χ4n) is 4.14. The van der Waals surface area contributed by atoms with E-state index < -0.39 is 0 Å². The Labute approximate surface area is 120 Å². The van der Waals surface area contributed by atoms with Crippen LogP contribution in [0, 0.1) is 0 Å². The van der Waals surface area contributed by atoms with E-state index in [1.54, 1.807) is 0 Å². The van der Waals surface area contributed by atoms with Crippen molar-refractivity contribution in [2.24, 2.45) is 0 Å². The molecular formula is C16H25N3O. The molecule has 1 saturated heterocycles. The number of nitrogens with zero attached hydrogens (tertiary/aromatic N) is 2. The quantitative estimate of drug-likeness (QED) is 0.901. The summed E-state index contributed by atoms with van der Waals surface area (Å²) in [4.78, 5) is 5.06. The van der Waals surface area contributed by atoms with Crippen LogP contribution in [-0.2, 0) is 17.7 Å². The Hall–Kier alpha value is -0.870. The predicted octanol–water partition coefficient (Wildman–Crippen LogP) is 2.54. The van der Waals surface area contributed by atoms with Gasteiger partial charge in [-0.2, -0.15) is 0 Å². The number of fused-ring (bicyclic) bond motifs is 1. The first-order valence-electron chi connectivity index (χ1n) is 8.32. The number of rotatable bonds is 2. The predicted molar refractivity (Wildman–Crippen MR) is 77.9 cm³/mol. The zero-order chi connectivity index (χ0) is 13.4. The van der Waals surface area contributed by atoms with Crippen molar-refractivity contribution >= 4 is 0 Å². The largest absolute Gasteiger partial charge is 0.379 e. The Bertz CT molecular complexity index is 470. The molecule has 20 heavy (non-hydrogen) atoms. The van der Waals surface area contributed by atoms with Crippen molar-refractivity contribution < 1.29 is 4.74 Å². The van der Waals surface area contributed by atoms with Crippen molar-refractivity contribution in [3.05, 3.63) is 17.2 Å². The SMILES string of the molecule is C1CCC(c2nc3c(n2C2CCOC2)CCNC3)CC1. The van der Waals surface area contributed by atoms with Crippen LogP contribution in [0.25, 0.3) is 0 Å². The monoisotopic (exact) mass is 275 g/mol. The van der Waals surface area contributed by atoms with Crippen LogP contribution < -0.4 is 5.32 Å². The molecule has 1 N–H and O–H groups in total. The van der Waals surface area contributed by atoms with E-state index in [9.17, 15) is 0 Å². The third-order valence-electron chi connectivity index (χ3n) is 5.19. The highest BCUT2D eigenvalue weighted by atomic mass is 16.5. The van der Waals surface area contributed by atoms with Gasteiger partial charge in [-0.3, -0.25) is 0 Å². The highest BCUT2D eigenvalue weighted by Gasteiger charge is 2.31. The standard InChI is InChI=1S/C16H25N3O/c1-2-4-12(5-3-1)16-18-14-10-17-8-6-15(14)19(16)13-7-9-20-11-13/h12-13,17H,1-11H2. The van der Waals surface area contributed by atoms with Gasteiger partial charge < -0.3 is 14.6 Å². The highest BCUT2D eigenvalue weighted by Crippen LogP contribution is 2.36. The number of nitrogens with one attached hydrogen (secondary N) is 1. The number of hydrogen-bond donors (Lipinski definition) is 1. The van der Waals surface area contributed by atoms with E-state index in [4.69, 9.17) is 9.72 Å². The number of ether oxygens (including phenoxy) is 1. The summed E-state index contributed by atoms with van der Waals surface area (Å²) >= 11 is 0. The van der Waals surface area contributed by atoms with Gasteiger partial charge in [0.2, 0.25) is 0 Å². The fraction of sp³-hybridized carbons (Fsp3) is 0.812. The minimum atomic E-state index is 0.543. The van der Waals surface area contributed by atoms with Gasteiger partial charge in [0.25, 0.3) is 0 Å². The molecule has 1 aliphatic carbocycles. The zero-order valence-corrected chi connectivity index (χ0v) is 12.2. The molecule has 3 aliphatic rings. The molecule has 4 nitrogen and oxygen atoms in total. The molecule has 2 aliphatic heterocycles. The third kappa shape index (κ3) is 2.19. The van der Waals surface area contributed by atoms with Crippen molar-refractivity contribution in [1.82, 2.24) is 14.9 Å². The average Bonchev–Trinajstić information content (AvgIpc) is 3.14. The van der Waals surface area contributed by atoms with Crippen LogP contribution in [-0.4, -0.2) is 29.3 Å². The zero-order valence-electron chi connectivity index (χ0n) is 12.2. The second kappa shape index (κ2) is 5.49. The first kappa shape index (κ1) is 12.8. The molecule has 4 heteroatoms. The Morgan fingerprint density at radius 2 is 2.05 bits per heavy atom. The summed E-state index contributed by atoms with van der Waals surface area (Å²) in [5.74, 6) is 2.07. The molecular weight excluding hydrogens is 250 g/mol. The van der Waals surface area contributed by atoms with Crippen LogP contribution in [0.4, 0.5) is 0 Å². The number of hydrogen-bond acceptors (Lipinski definition) is 3. The number of aromatic nitrogens is 2. The second-order valence-electron chi connectivity index (χ2n) is 6.51. The van der Waals surface area contributed by atoms with Gasteiger partial charge in [-0.25, -0.2) is 4.98 Å². The van der Waals surface area contributed by atoms with Crippen LogP contribution in [0.5, 0.6) is 0 Å². The molecule has 0 amide bonds. The van der Waals surface area contributed by atoms with Gasteiger partial charge in [-0.15, -0.1) is 0 Å². The molecule has 0 spiro atoms. The maximum absolute atomic E-state index is 5.65. The maximum atomic E-state index is 5.65. The van der Waals surface area contributed by atoms with Gasteiger partial charge in [0, 0.05) is 37.7 Å². The molecule has 1 saturated carbocycles. The summed E-state index contributed by atoms with van der Waals surface area (Å²) in [7, 11) is 0. The molecule has 0 aromatic carbocycles. The minimum Gasteiger partial charge on any atom is -0.379 e. The smallest absolute Gasteiger partial charge is 0.112 e. The maximum Gasteiger partial charge on any atom is 0.112 e. The Morgan fingerprint density at radius 3 is 2.85 bits per heavy atom. The molecule has 1 atom stereocenters. The van der Waals surface area contributed by atoms with Crippen molar-refractivity contribution in [3.8, 4) is 0 Å². The molecule has 3 heterocycles. The molecule has 0 bridgehead atoms. The van der Waals surface area contributed by atoms with E-state index in [0.717, 1.165) is 39.1 Å². The third-order valence-corrected chi connectivity index (χ3v) is 5.19. The van der Waals surface area contributed by atoms with Gasteiger partial charge in [0.15, 0.2) is 0 Å². The van der Waals surface area contributed by atoms with E-state index in [2.05, 4.69) is 9.88 Å². The van der Waals surface area contributed by atoms with Crippen LogP contribution in [0.2, 0.25) is 0 Å². The lowest BCUT2D eigenvalue weighted by molar-refractivity contribution is 0.185. The molecule has 4 rings (SSSR count). The van der Waals surface area contributed by atoms with Crippen molar-refractivity contribution in [2.45, 2.75) is 63.5 Å². The Balaban J connectivity index is 1.73. The lowest BCUT2D eigenvalue weighted by Gasteiger charge is -2.26. The molecule has 1 unspecified atom stereocenters. The highest BCUT2D eigenvalue weighted by molar-refractivity contribution is 5.23. The van der Waals surface area contributed by atoms with Gasteiger partial charge in [-0.05, 0) is 19.3 Å². The average molecular weight is 275 g/mol. The van der Waals surface area contributed by atoms with Crippen molar-refractivity contribution in [3.63, 3.8) is 0 Å². The Kier molecular flexibility index (Phi) is 3.52. The van der Waals surface area contributed by atoms with E-state index in [0.29, 0.717) is 12.0 Å². The molecule has 0 radical (unpaired) electrons. The van der Waals surface area contributed by atoms with Crippen LogP contribution >= 0.6 is 0 Å². The number of imidazole rings is 1. The lowest BCUT2D eigenvalue weighted by atomic mass is 9.88. The first-order valence-corrected chi connectivity index (χ1v) is 8.32. The summed E-state index contributed by atoms with van der Waals surface area (Å²) in [5, 5.41) is 3.47. The normalized spacial score (nSPS) is 27.7. The van der Waals surface area contributed by atoms with Crippen molar-refractivity contribution in [1.29, 1.82) is 0 Å². The fourth-order valence-corrected chi connectivity index (χ4v) is 4.14. The van der Waals surface area contributed by atoms with Crippen LogP contribution in [0.3, 0.4) is 0 Å². The van der Waals surface area contributed by atoms with E-state index in [1.165, 1.54) is 49.3 Å². The topological polar surface area (TPSA) is 39.1 Å². The summed E-state index contributed by atoms with van der Waals surface area (Å²) in [6.07, 6.45) is 9.11. The minimum absolute atomic E-state index is 0.543. The lowest BCUT2D eigenvalue weighted by Crippen LogP contribution is -2.26. The van der Waals surface area contributed by atoms with E-state index in [-0.39, 0.29) is 0 Å². The van der Waals surface area contributed by atoms with Gasteiger partial charge in [0.1, 0.15) is 5.82 Å². The van der Waals surface area contributed by atoms with Gasteiger partial charge in [-0.1, -0.05) is 19.3 Å². The Morgan fingerprint density at radius 1 is 1.15 bits per heavy atom. The summed E-state index contributed by atoms with van der Waals surface area (Å²) in [5.41, 5.74) is 2.81. The van der Waals surface area contributed by atoms with Crippen LogP contribution in [0.15, 0.2) is 0 Å². The van der Waals surface area contributed by atoms with Gasteiger partial charge >= 0.3 is 0 Å². The van der Waals surface area contributed by atoms with E-state index in [1.807, 2.05) is 0 Å². The summed E-state index contributed by atoms with van der Waals surface area (Å²) in [6.45, 7) is 3.85.